The van der Waals surface area contributed by atoms with Crippen molar-refractivity contribution >= 4 is 7.85 Å². The summed E-state index contributed by atoms with van der Waals surface area (Å²) >= 11 is 0. The van der Waals surface area contributed by atoms with Crippen LogP contribution in [0.5, 0.6) is 5.75 Å². The second-order valence-electron chi connectivity index (χ2n) is 2.99. The summed E-state index contributed by atoms with van der Waals surface area (Å²) < 4.78 is 0. The second kappa shape index (κ2) is 6.63. The van der Waals surface area contributed by atoms with Crippen molar-refractivity contribution in [1.29, 1.82) is 0 Å². The number of phenols is 1. The van der Waals surface area contributed by atoms with E-state index in [-0.39, 0.29) is 5.75 Å². The molecule has 0 aliphatic rings. The van der Waals surface area contributed by atoms with Gasteiger partial charge in [0.15, 0.2) is 5.82 Å². The van der Waals surface area contributed by atoms with E-state index >= 15 is 0 Å². The van der Waals surface area contributed by atoms with Crippen LogP contribution in [0.4, 0.5) is 0 Å². The molecule has 17 heavy (non-hydrogen) atoms. The Bertz CT molecular complexity index is 460. The van der Waals surface area contributed by atoms with Crippen molar-refractivity contribution in [1.82, 2.24) is 15.2 Å². The quantitative estimate of drug-likeness (QED) is 0.796. The number of rotatable bonds is 2. The maximum atomic E-state index is 9.56. The standard InChI is InChI=1S/C10H8BN3O.C2H6/c11-5-7-6-12-10(14-13-7)8-3-1-2-4-9(8)15;1-2/h1-4,6,15H,5H2;1-2H3. The molecule has 1 aromatic carbocycles. The third kappa shape index (κ3) is 3.27. The summed E-state index contributed by atoms with van der Waals surface area (Å²) in [6, 6.07) is 6.85. The second-order valence-corrected chi connectivity index (χ2v) is 2.99. The van der Waals surface area contributed by atoms with E-state index in [2.05, 4.69) is 15.2 Å². The fourth-order valence-corrected chi connectivity index (χ4v) is 1.18. The lowest BCUT2D eigenvalue weighted by Crippen LogP contribution is -1.97. The highest BCUT2D eigenvalue weighted by atomic mass is 16.3. The first-order valence-electron chi connectivity index (χ1n) is 5.48. The van der Waals surface area contributed by atoms with Gasteiger partial charge in [0.1, 0.15) is 5.75 Å². The van der Waals surface area contributed by atoms with E-state index in [1.54, 1.807) is 30.5 Å². The number of para-hydroxylation sites is 1. The number of hydrogen-bond acceptors (Lipinski definition) is 4. The molecule has 0 unspecified atom stereocenters. The number of hydrogen-bond donors (Lipinski definition) is 1. The summed E-state index contributed by atoms with van der Waals surface area (Å²) in [6.07, 6.45) is 1.86. The van der Waals surface area contributed by atoms with Crippen molar-refractivity contribution in [2.24, 2.45) is 0 Å². The Hall–Kier alpha value is -1.91. The van der Waals surface area contributed by atoms with Crippen LogP contribution in [0, 0.1) is 0 Å². The lowest BCUT2D eigenvalue weighted by atomic mass is 10.0. The highest BCUT2D eigenvalue weighted by Crippen LogP contribution is 2.24. The first-order valence-corrected chi connectivity index (χ1v) is 5.48. The maximum absolute atomic E-state index is 9.56. The van der Waals surface area contributed by atoms with Crippen molar-refractivity contribution < 1.29 is 5.11 Å². The van der Waals surface area contributed by atoms with E-state index in [0.29, 0.717) is 23.4 Å². The summed E-state index contributed by atoms with van der Waals surface area (Å²) in [6.45, 7) is 4.00. The number of aromatic nitrogens is 3. The smallest absolute Gasteiger partial charge is 0.185 e. The molecule has 0 atom stereocenters. The van der Waals surface area contributed by atoms with Crippen molar-refractivity contribution in [2.75, 3.05) is 0 Å². The number of benzene rings is 1. The topological polar surface area (TPSA) is 58.9 Å². The number of nitrogens with zero attached hydrogens (tertiary/aromatic N) is 3. The molecule has 0 fully saturated rings. The Kier molecular flexibility index (Phi) is 5.13. The van der Waals surface area contributed by atoms with E-state index < -0.39 is 0 Å². The monoisotopic (exact) mass is 227 g/mol. The summed E-state index contributed by atoms with van der Waals surface area (Å²) in [5.74, 6) is 0.532. The molecule has 0 bridgehead atoms. The molecule has 1 aromatic heterocycles. The van der Waals surface area contributed by atoms with Crippen LogP contribution < -0.4 is 0 Å². The summed E-state index contributed by atoms with van der Waals surface area (Å²) in [5.41, 5.74) is 1.18. The zero-order valence-corrected chi connectivity index (χ0v) is 9.96. The minimum atomic E-state index is 0.139. The van der Waals surface area contributed by atoms with E-state index in [0.717, 1.165) is 0 Å². The normalized spacial score (nSPS) is 9.29. The Morgan fingerprint density at radius 3 is 2.41 bits per heavy atom. The van der Waals surface area contributed by atoms with Crippen molar-refractivity contribution in [3.63, 3.8) is 0 Å². The molecule has 0 spiro atoms. The van der Waals surface area contributed by atoms with Crippen molar-refractivity contribution in [3.05, 3.63) is 36.2 Å². The molecule has 0 aliphatic carbocycles. The molecule has 4 nitrogen and oxygen atoms in total. The SMILES string of the molecule is CC.[B]Cc1cnc(-c2ccccc2O)nn1. The zero-order valence-electron chi connectivity index (χ0n) is 9.96. The van der Waals surface area contributed by atoms with Gasteiger partial charge in [-0.3, -0.25) is 0 Å². The van der Waals surface area contributed by atoms with Crippen molar-refractivity contribution in [2.45, 2.75) is 20.2 Å². The van der Waals surface area contributed by atoms with Gasteiger partial charge >= 0.3 is 0 Å². The molecule has 0 amide bonds. The van der Waals surface area contributed by atoms with E-state index in [1.165, 1.54) is 0 Å². The Morgan fingerprint density at radius 2 is 1.88 bits per heavy atom. The molecule has 2 rings (SSSR count). The number of phenolic OH excluding ortho intramolecular Hbond substituents is 1. The third-order valence-electron chi connectivity index (χ3n) is 1.96. The van der Waals surface area contributed by atoms with Crippen molar-refractivity contribution in [3.8, 4) is 17.1 Å². The molecule has 0 saturated heterocycles. The molecule has 2 aromatic rings. The third-order valence-corrected chi connectivity index (χ3v) is 1.96. The Balaban J connectivity index is 0.000000686. The lowest BCUT2D eigenvalue weighted by molar-refractivity contribution is 0.476. The van der Waals surface area contributed by atoms with Gasteiger partial charge in [0.05, 0.1) is 25.3 Å². The summed E-state index contributed by atoms with van der Waals surface area (Å²) in [5, 5.41) is 17.3. The lowest BCUT2D eigenvalue weighted by Gasteiger charge is -2.01. The van der Waals surface area contributed by atoms with Crippen LogP contribution in [0.1, 0.15) is 19.5 Å². The van der Waals surface area contributed by atoms with Crippen LogP contribution in [-0.4, -0.2) is 28.1 Å². The van der Waals surface area contributed by atoms with Crippen LogP contribution in [0.25, 0.3) is 11.4 Å². The molecule has 0 aliphatic heterocycles. The fraction of sp³-hybridized carbons (Fsp3) is 0.250. The average molecular weight is 227 g/mol. The Morgan fingerprint density at radius 1 is 1.18 bits per heavy atom. The van der Waals surface area contributed by atoms with Gasteiger partial charge in [-0.1, -0.05) is 26.0 Å². The van der Waals surface area contributed by atoms with Crippen LogP contribution in [0.15, 0.2) is 30.5 Å². The Labute approximate surface area is 102 Å². The first kappa shape index (κ1) is 13.2. The van der Waals surface area contributed by atoms with Crippen LogP contribution >= 0.6 is 0 Å². The maximum Gasteiger partial charge on any atom is 0.185 e. The minimum Gasteiger partial charge on any atom is -0.507 e. The van der Waals surface area contributed by atoms with Gasteiger partial charge in [0, 0.05) is 0 Å². The zero-order chi connectivity index (χ0) is 12.7. The summed E-state index contributed by atoms with van der Waals surface area (Å²) in [4.78, 5) is 4.07. The predicted octanol–water partition coefficient (Wildman–Crippen LogP) is 1.94. The minimum absolute atomic E-state index is 0.139. The molecular formula is C12H14BN3O. The number of aromatic hydroxyl groups is 1. The molecule has 0 saturated carbocycles. The first-order chi connectivity index (χ1) is 8.31. The van der Waals surface area contributed by atoms with Crippen LogP contribution in [0.3, 0.4) is 0 Å². The molecule has 2 radical (unpaired) electrons. The molecule has 86 valence electrons. The van der Waals surface area contributed by atoms with Crippen LogP contribution in [0.2, 0.25) is 0 Å². The van der Waals surface area contributed by atoms with Gasteiger partial charge in [0.25, 0.3) is 0 Å². The van der Waals surface area contributed by atoms with Gasteiger partial charge in [-0.25, -0.2) is 4.98 Å². The summed E-state index contributed by atoms with van der Waals surface area (Å²) in [7, 11) is 5.38. The average Bonchev–Trinajstić information content (AvgIpc) is 2.42. The van der Waals surface area contributed by atoms with Gasteiger partial charge < -0.3 is 5.11 Å². The van der Waals surface area contributed by atoms with E-state index in [4.69, 9.17) is 7.85 Å². The van der Waals surface area contributed by atoms with Gasteiger partial charge in [-0.2, -0.15) is 5.10 Å². The highest BCUT2D eigenvalue weighted by molar-refractivity contribution is 6.08. The fourth-order valence-electron chi connectivity index (χ4n) is 1.18. The van der Waals surface area contributed by atoms with Gasteiger partial charge in [-0.15, -0.1) is 5.10 Å². The molecule has 1 heterocycles. The van der Waals surface area contributed by atoms with Crippen LogP contribution in [-0.2, 0) is 6.32 Å². The van der Waals surface area contributed by atoms with E-state index in [1.807, 2.05) is 13.8 Å². The van der Waals surface area contributed by atoms with Gasteiger partial charge in [0.2, 0.25) is 0 Å². The molecule has 5 heteroatoms. The molecular weight excluding hydrogens is 213 g/mol. The molecule has 1 N–H and O–H groups in total. The van der Waals surface area contributed by atoms with Gasteiger partial charge in [-0.05, 0) is 18.5 Å². The highest BCUT2D eigenvalue weighted by Gasteiger charge is 2.06. The van der Waals surface area contributed by atoms with E-state index in [9.17, 15) is 5.11 Å². The predicted molar refractivity (Wildman–Crippen MR) is 67.7 cm³/mol. The largest absolute Gasteiger partial charge is 0.507 e.